The van der Waals surface area contributed by atoms with Crippen molar-refractivity contribution in [2.75, 3.05) is 39.4 Å². The molecule has 2 aliphatic rings. The Hall–Kier alpha value is -0.810. The molecule has 1 aliphatic carbocycles. The van der Waals surface area contributed by atoms with E-state index in [1.807, 2.05) is 0 Å². The Morgan fingerprint density at radius 3 is 2.59 bits per heavy atom. The van der Waals surface area contributed by atoms with Crippen molar-refractivity contribution in [2.45, 2.75) is 46.1 Å². The summed E-state index contributed by atoms with van der Waals surface area (Å²) >= 11 is 0. The van der Waals surface area contributed by atoms with E-state index in [4.69, 9.17) is 4.74 Å². The molecular weight excluding hydrogens is 278 g/mol. The summed E-state index contributed by atoms with van der Waals surface area (Å²) < 4.78 is 5.54. The number of rotatable bonds is 7. The lowest BCUT2D eigenvalue weighted by atomic mass is 9.92. The minimum Gasteiger partial charge on any atom is -0.389 e. The van der Waals surface area contributed by atoms with Crippen LogP contribution in [-0.4, -0.2) is 61.5 Å². The van der Waals surface area contributed by atoms with E-state index >= 15 is 0 Å². The van der Waals surface area contributed by atoms with E-state index in [1.54, 1.807) is 0 Å². The third kappa shape index (κ3) is 6.13. The summed E-state index contributed by atoms with van der Waals surface area (Å²) in [6, 6.07) is 0. The second kappa shape index (κ2) is 8.73. The first-order valence-electron chi connectivity index (χ1n) is 8.87. The highest BCUT2D eigenvalue weighted by molar-refractivity contribution is 5.80. The van der Waals surface area contributed by atoms with Gasteiger partial charge in [0.1, 0.15) is 0 Å². The number of nitrogens with one attached hydrogen (secondary N) is 1. The first kappa shape index (κ1) is 17.5. The molecule has 5 heteroatoms. The van der Waals surface area contributed by atoms with Crippen LogP contribution >= 0.6 is 0 Å². The molecule has 2 rings (SSSR count). The van der Waals surface area contributed by atoms with Crippen LogP contribution in [0.3, 0.4) is 0 Å². The molecule has 3 atom stereocenters. The first-order valence-corrected chi connectivity index (χ1v) is 8.87. The van der Waals surface area contributed by atoms with Crippen molar-refractivity contribution in [3.63, 3.8) is 0 Å². The predicted octanol–water partition coefficient (Wildman–Crippen LogP) is 1.72. The Morgan fingerprint density at radius 2 is 2.00 bits per heavy atom. The fraction of sp³-hybridized carbons (Fsp3) is 0.941. The van der Waals surface area contributed by atoms with Gasteiger partial charge in [-0.25, -0.2) is 0 Å². The van der Waals surface area contributed by atoms with Crippen LogP contribution in [0.4, 0.5) is 0 Å². The summed E-state index contributed by atoms with van der Waals surface area (Å²) in [6.07, 6.45) is 3.34. The third-order valence-electron chi connectivity index (χ3n) is 4.32. The van der Waals surface area contributed by atoms with Gasteiger partial charge in [0.25, 0.3) is 0 Å². The number of hydrogen-bond donors (Lipinski definition) is 2. The fourth-order valence-corrected chi connectivity index (χ4v) is 3.16. The molecule has 1 saturated carbocycles. The molecule has 2 N–H and O–H groups in total. The lowest BCUT2D eigenvalue weighted by Crippen LogP contribution is -2.48. The molecule has 1 saturated heterocycles. The Morgan fingerprint density at radius 1 is 1.32 bits per heavy atom. The van der Waals surface area contributed by atoms with Crippen LogP contribution < -0.4 is 5.32 Å². The van der Waals surface area contributed by atoms with Crippen LogP contribution in [-0.2, 0) is 4.74 Å². The average Bonchev–Trinajstić information content (AvgIpc) is 3.26. The monoisotopic (exact) mass is 311 g/mol. The summed E-state index contributed by atoms with van der Waals surface area (Å²) in [6.45, 7) is 11.2. The molecule has 0 radical (unpaired) electrons. The Kier molecular flexibility index (Phi) is 6.96. The van der Waals surface area contributed by atoms with Gasteiger partial charge >= 0.3 is 0 Å². The minimum atomic E-state index is -0.507. The number of likely N-dealkylation sites (tertiary alicyclic amines) is 1. The van der Waals surface area contributed by atoms with Gasteiger partial charge in [-0.15, -0.1) is 0 Å². The van der Waals surface area contributed by atoms with Crippen molar-refractivity contribution < 1.29 is 9.84 Å². The van der Waals surface area contributed by atoms with E-state index in [9.17, 15) is 5.11 Å². The lowest BCUT2D eigenvalue weighted by Gasteiger charge is -2.37. The van der Waals surface area contributed by atoms with Crippen molar-refractivity contribution in [1.29, 1.82) is 0 Å². The maximum absolute atomic E-state index is 10.0. The molecule has 22 heavy (non-hydrogen) atoms. The Balaban J connectivity index is 1.79. The van der Waals surface area contributed by atoms with Gasteiger partial charge in [-0.1, -0.05) is 13.8 Å². The van der Waals surface area contributed by atoms with Crippen molar-refractivity contribution in [3.05, 3.63) is 0 Å². The molecule has 5 nitrogen and oxygen atoms in total. The Bertz CT molecular complexity index is 348. The number of nitrogens with zero attached hydrogens (tertiary/aromatic N) is 2. The molecule has 128 valence electrons. The topological polar surface area (TPSA) is 57.1 Å². The zero-order valence-electron chi connectivity index (χ0n) is 14.4. The number of piperidine rings is 1. The van der Waals surface area contributed by atoms with E-state index in [0.717, 1.165) is 38.1 Å². The van der Waals surface area contributed by atoms with Crippen LogP contribution in [0.5, 0.6) is 0 Å². The highest BCUT2D eigenvalue weighted by atomic mass is 16.5. The average molecular weight is 311 g/mol. The minimum absolute atomic E-state index is 0.395. The molecule has 0 aromatic rings. The van der Waals surface area contributed by atoms with Crippen LogP contribution in [0, 0.1) is 17.8 Å². The summed E-state index contributed by atoms with van der Waals surface area (Å²) in [4.78, 5) is 6.95. The summed E-state index contributed by atoms with van der Waals surface area (Å²) in [7, 11) is 0. The number of aliphatic imine (C=N–C) groups is 1. The van der Waals surface area contributed by atoms with E-state index in [-0.39, 0.29) is 0 Å². The predicted molar refractivity (Wildman–Crippen MR) is 90.0 cm³/mol. The second-order valence-electron chi connectivity index (χ2n) is 7.18. The summed E-state index contributed by atoms with van der Waals surface area (Å²) in [5.74, 6) is 3.06. The summed E-state index contributed by atoms with van der Waals surface area (Å²) in [5.41, 5.74) is 0. The number of hydrogen-bond acceptors (Lipinski definition) is 3. The van der Waals surface area contributed by atoms with Crippen molar-refractivity contribution in [3.8, 4) is 0 Å². The normalized spacial score (nSPS) is 27.8. The van der Waals surface area contributed by atoms with Crippen LogP contribution in [0.2, 0.25) is 0 Å². The number of guanidine groups is 1. The molecule has 1 aliphatic heterocycles. The SMILES string of the molecule is CCNC(=NCC(O)COCC1CC1)N1CC(C)CC(C)C1. The zero-order chi connectivity index (χ0) is 15.9. The van der Waals surface area contributed by atoms with Crippen molar-refractivity contribution in [2.24, 2.45) is 22.7 Å². The molecule has 1 heterocycles. The molecule has 2 fully saturated rings. The first-order chi connectivity index (χ1) is 10.6. The molecule has 3 unspecified atom stereocenters. The number of aliphatic hydroxyl groups is 1. The smallest absolute Gasteiger partial charge is 0.194 e. The highest BCUT2D eigenvalue weighted by Crippen LogP contribution is 2.28. The van der Waals surface area contributed by atoms with Gasteiger partial charge in [-0.3, -0.25) is 4.99 Å². The van der Waals surface area contributed by atoms with Gasteiger partial charge in [0.15, 0.2) is 5.96 Å². The van der Waals surface area contributed by atoms with Gasteiger partial charge in [0.2, 0.25) is 0 Å². The van der Waals surface area contributed by atoms with Gasteiger partial charge in [-0.2, -0.15) is 0 Å². The van der Waals surface area contributed by atoms with E-state index < -0.39 is 6.10 Å². The van der Waals surface area contributed by atoms with Gasteiger partial charge in [-0.05, 0) is 43.9 Å². The molecule has 0 amide bonds. The highest BCUT2D eigenvalue weighted by Gasteiger charge is 2.24. The maximum Gasteiger partial charge on any atom is 0.194 e. The zero-order valence-corrected chi connectivity index (χ0v) is 14.4. The largest absolute Gasteiger partial charge is 0.389 e. The standard InChI is InChI=1S/C17H33N3O2/c1-4-18-17(20-9-13(2)7-14(3)10-20)19-8-16(21)12-22-11-15-5-6-15/h13-16,21H,4-12H2,1-3H3,(H,18,19). The van der Waals surface area contributed by atoms with Crippen LogP contribution in [0.25, 0.3) is 0 Å². The van der Waals surface area contributed by atoms with Gasteiger partial charge in [0.05, 0.1) is 19.3 Å². The van der Waals surface area contributed by atoms with E-state index in [1.165, 1.54) is 19.3 Å². The molecule has 0 aromatic heterocycles. The summed E-state index contributed by atoms with van der Waals surface area (Å²) in [5, 5.41) is 13.4. The van der Waals surface area contributed by atoms with E-state index in [2.05, 4.69) is 36.0 Å². The quantitative estimate of drug-likeness (QED) is 0.555. The number of aliphatic hydroxyl groups excluding tert-OH is 1. The fourth-order valence-electron chi connectivity index (χ4n) is 3.16. The van der Waals surface area contributed by atoms with Crippen LogP contribution in [0.15, 0.2) is 4.99 Å². The van der Waals surface area contributed by atoms with Gasteiger partial charge < -0.3 is 20.1 Å². The van der Waals surface area contributed by atoms with Gasteiger partial charge in [0, 0.05) is 26.2 Å². The lowest BCUT2D eigenvalue weighted by molar-refractivity contribution is 0.0367. The van der Waals surface area contributed by atoms with Crippen molar-refractivity contribution >= 4 is 5.96 Å². The number of ether oxygens (including phenoxy) is 1. The van der Waals surface area contributed by atoms with Crippen LogP contribution in [0.1, 0.15) is 40.0 Å². The Labute approximate surface area is 135 Å². The maximum atomic E-state index is 10.0. The van der Waals surface area contributed by atoms with Crippen molar-refractivity contribution in [1.82, 2.24) is 10.2 Å². The molecule has 0 spiro atoms. The van der Waals surface area contributed by atoms with E-state index in [0.29, 0.717) is 25.0 Å². The molecular formula is C17H33N3O2. The molecule has 0 aromatic carbocycles. The second-order valence-corrected chi connectivity index (χ2v) is 7.18. The third-order valence-corrected chi connectivity index (χ3v) is 4.32. The molecule has 0 bridgehead atoms.